The smallest absolute Gasteiger partial charge is 0.297 e. The molecule has 28 heavy (non-hydrogen) atoms. The van der Waals surface area contributed by atoms with Gasteiger partial charge in [-0.3, -0.25) is 9.52 Å². The molecule has 0 unspecified atom stereocenters. The van der Waals surface area contributed by atoms with Gasteiger partial charge in [-0.25, -0.2) is 4.39 Å². The highest BCUT2D eigenvalue weighted by molar-refractivity contribution is 7.98. The van der Waals surface area contributed by atoms with Crippen LogP contribution in [0.15, 0.2) is 51.8 Å². The Kier molecular flexibility index (Phi) is 5.17. The Morgan fingerprint density at radius 3 is 2.86 bits per heavy atom. The summed E-state index contributed by atoms with van der Waals surface area (Å²) in [6.07, 6.45) is 2.30. The van der Waals surface area contributed by atoms with Crippen molar-refractivity contribution in [3.8, 4) is 5.75 Å². The van der Waals surface area contributed by atoms with Gasteiger partial charge >= 0.3 is 0 Å². The Morgan fingerprint density at radius 1 is 1.29 bits per heavy atom. The Balaban J connectivity index is 1.47. The number of fused-ring (bicyclic) bond motifs is 1. The summed E-state index contributed by atoms with van der Waals surface area (Å²) in [4.78, 5) is 14.7. The average molecular weight is 400 g/mol. The second kappa shape index (κ2) is 7.75. The predicted molar refractivity (Wildman–Crippen MR) is 108 cm³/mol. The molecule has 1 saturated carbocycles. The number of carbonyl (C=O) groups excluding carboxylic acids is 1. The monoisotopic (exact) mass is 400 g/mol. The van der Waals surface area contributed by atoms with Crippen LogP contribution in [-0.2, 0) is 0 Å². The number of amides is 1. The van der Waals surface area contributed by atoms with E-state index in [1.807, 2.05) is 37.2 Å². The number of nitrogens with one attached hydrogen (secondary N) is 1. The van der Waals surface area contributed by atoms with Crippen molar-refractivity contribution < 1.29 is 18.3 Å². The molecular weight excluding hydrogens is 379 g/mol. The van der Waals surface area contributed by atoms with Crippen molar-refractivity contribution in [1.82, 2.24) is 4.72 Å². The van der Waals surface area contributed by atoms with Crippen LogP contribution in [-0.4, -0.2) is 26.6 Å². The van der Waals surface area contributed by atoms with E-state index in [-0.39, 0.29) is 10.7 Å². The minimum absolute atomic E-state index is 0.176. The standard InChI is InChI=1S/C21H21FN2O3S/c1-24(2)15-9-8-14-10-19(27-18(14)11-15)21(25)23-28-20-16(22)4-3-5-17(20)26-12-13-6-7-13/h3-5,8-11,13H,6-7,12H2,1-2H3,(H,23,25). The summed E-state index contributed by atoms with van der Waals surface area (Å²) in [5, 5.41) is 0.833. The van der Waals surface area contributed by atoms with Gasteiger partial charge in [-0.1, -0.05) is 6.07 Å². The lowest BCUT2D eigenvalue weighted by Gasteiger charge is -2.11. The summed E-state index contributed by atoms with van der Waals surface area (Å²) in [5.74, 6) is 0.314. The quantitative estimate of drug-likeness (QED) is 0.574. The van der Waals surface area contributed by atoms with Crippen LogP contribution >= 0.6 is 11.9 Å². The highest BCUT2D eigenvalue weighted by atomic mass is 32.2. The number of benzene rings is 2. The third kappa shape index (κ3) is 4.09. The first-order valence-corrected chi connectivity index (χ1v) is 9.92. The molecule has 2 aromatic carbocycles. The van der Waals surface area contributed by atoms with Gasteiger partial charge in [0.15, 0.2) is 5.76 Å². The molecule has 1 aliphatic rings. The summed E-state index contributed by atoms with van der Waals surface area (Å²) < 4.78 is 28.3. The Bertz CT molecular complexity index is 1010. The van der Waals surface area contributed by atoms with Crippen molar-refractivity contribution in [2.45, 2.75) is 17.7 Å². The first-order chi connectivity index (χ1) is 13.5. The van der Waals surface area contributed by atoms with E-state index in [1.165, 1.54) is 6.07 Å². The zero-order chi connectivity index (χ0) is 19.7. The second-order valence-electron chi connectivity index (χ2n) is 7.08. The lowest BCUT2D eigenvalue weighted by Crippen LogP contribution is -2.15. The number of anilines is 1. The van der Waals surface area contributed by atoms with E-state index in [0.717, 1.165) is 35.9 Å². The van der Waals surface area contributed by atoms with Gasteiger partial charge in [0, 0.05) is 31.2 Å². The van der Waals surface area contributed by atoms with E-state index in [9.17, 15) is 9.18 Å². The van der Waals surface area contributed by atoms with Crippen molar-refractivity contribution in [3.63, 3.8) is 0 Å². The minimum atomic E-state index is -0.432. The van der Waals surface area contributed by atoms with Crippen LogP contribution in [0.5, 0.6) is 5.75 Å². The van der Waals surface area contributed by atoms with Gasteiger partial charge in [-0.2, -0.15) is 0 Å². The molecule has 4 rings (SSSR count). The third-order valence-electron chi connectivity index (χ3n) is 4.59. The lowest BCUT2D eigenvalue weighted by atomic mass is 10.2. The Labute approximate surface area is 167 Å². The largest absolute Gasteiger partial charge is 0.492 e. The molecule has 0 aliphatic heterocycles. The number of carbonyl (C=O) groups is 1. The molecule has 0 saturated heterocycles. The van der Waals surface area contributed by atoms with Crippen molar-refractivity contribution in [2.75, 3.05) is 25.6 Å². The molecule has 0 radical (unpaired) electrons. The second-order valence-corrected chi connectivity index (χ2v) is 7.90. The highest BCUT2D eigenvalue weighted by Gasteiger charge is 2.23. The molecule has 0 bridgehead atoms. The molecular formula is C21H21FN2O3S. The van der Waals surface area contributed by atoms with Gasteiger partial charge in [-0.15, -0.1) is 0 Å². The highest BCUT2D eigenvalue weighted by Crippen LogP contribution is 2.34. The number of hydrogen-bond acceptors (Lipinski definition) is 5. The van der Waals surface area contributed by atoms with Gasteiger partial charge < -0.3 is 14.1 Å². The maximum atomic E-state index is 14.3. The molecule has 1 aromatic heterocycles. The maximum Gasteiger partial charge on any atom is 0.297 e. The molecule has 1 heterocycles. The molecule has 1 amide bonds. The van der Waals surface area contributed by atoms with Crippen LogP contribution in [0.3, 0.4) is 0 Å². The summed E-state index contributed by atoms with van der Waals surface area (Å²) in [6, 6.07) is 12.1. The zero-order valence-corrected chi connectivity index (χ0v) is 16.5. The van der Waals surface area contributed by atoms with Gasteiger partial charge in [0.2, 0.25) is 0 Å². The molecule has 0 spiro atoms. The van der Waals surface area contributed by atoms with E-state index in [2.05, 4.69) is 4.72 Å². The first kappa shape index (κ1) is 18.7. The first-order valence-electron chi connectivity index (χ1n) is 9.10. The van der Waals surface area contributed by atoms with E-state index >= 15 is 0 Å². The molecule has 5 nitrogen and oxygen atoms in total. The van der Waals surface area contributed by atoms with Gasteiger partial charge in [0.05, 0.1) is 6.61 Å². The third-order valence-corrected chi connectivity index (χ3v) is 5.48. The van der Waals surface area contributed by atoms with Crippen LogP contribution in [0.2, 0.25) is 0 Å². The SMILES string of the molecule is CN(C)c1ccc2cc(C(=O)NSc3c(F)cccc3OCC3CC3)oc2c1. The molecule has 0 atom stereocenters. The van der Waals surface area contributed by atoms with Crippen LogP contribution in [0.1, 0.15) is 23.4 Å². The Hall–Kier alpha value is -2.67. The van der Waals surface area contributed by atoms with Gasteiger partial charge in [-0.05, 0) is 61.0 Å². The normalized spacial score (nSPS) is 13.5. The molecule has 146 valence electrons. The lowest BCUT2D eigenvalue weighted by molar-refractivity contribution is 0.0959. The van der Waals surface area contributed by atoms with Crippen molar-refractivity contribution in [2.24, 2.45) is 5.92 Å². The summed E-state index contributed by atoms with van der Waals surface area (Å²) >= 11 is 0.899. The number of rotatable bonds is 7. The molecule has 1 fully saturated rings. The number of nitrogens with zero attached hydrogens (tertiary/aromatic N) is 1. The molecule has 7 heteroatoms. The van der Waals surface area contributed by atoms with E-state index in [1.54, 1.807) is 18.2 Å². The molecule has 1 aliphatic carbocycles. The molecule has 3 aromatic rings. The van der Waals surface area contributed by atoms with Crippen LogP contribution in [0.4, 0.5) is 10.1 Å². The topological polar surface area (TPSA) is 54.7 Å². The van der Waals surface area contributed by atoms with Crippen LogP contribution in [0.25, 0.3) is 11.0 Å². The van der Waals surface area contributed by atoms with E-state index in [0.29, 0.717) is 23.9 Å². The summed E-state index contributed by atoms with van der Waals surface area (Å²) in [6.45, 7) is 0.572. The van der Waals surface area contributed by atoms with Crippen molar-refractivity contribution >= 4 is 34.5 Å². The number of halogens is 1. The van der Waals surface area contributed by atoms with Crippen LogP contribution in [0, 0.1) is 11.7 Å². The fraction of sp³-hybridized carbons (Fsp3) is 0.286. The molecule has 1 N–H and O–H groups in total. The van der Waals surface area contributed by atoms with Gasteiger partial charge in [0.1, 0.15) is 22.0 Å². The van der Waals surface area contributed by atoms with Crippen LogP contribution < -0.4 is 14.4 Å². The summed E-state index contributed by atoms with van der Waals surface area (Å²) in [5.41, 5.74) is 1.60. The maximum absolute atomic E-state index is 14.3. The van der Waals surface area contributed by atoms with Crippen molar-refractivity contribution in [1.29, 1.82) is 0 Å². The Morgan fingerprint density at radius 2 is 2.11 bits per heavy atom. The van der Waals surface area contributed by atoms with E-state index in [4.69, 9.17) is 9.15 Å². The fourth-order valence-corrected chi connectivity index (χ4v) is 3.44. The van der Waals surface area contributed by atoms with Gasteiger partial charge in [0.25, 0.3) is 5.91 Å². The minimum Gasteiger partial charge on any atom is -0.492 e. The average Bonchev–Trinajstić information content (AvgIpc) is 3.41. The van der Waals surface area contributed by atoms with E-state index < -0.39 is 11.7 Å². The summed E-state index contributed by atoms with van der Waals surface area (Å²) in [7, 11) is 3.87. The zero-order valence-electron chi connectivity index (χ0n) is 15.7. The number of ether oxygens (including phenoxy) is 1. The van der Waals surface area contributed by atoms with Crippen molar-refractivity contribution in [3.05, 3.63) is 54.0 Å². The number of hydrogen-bond donors (Lipinski definition) is 1. The number of furan rings is 1. The fourth-order valence-electron chi connectivity index (χ4n) is 2.75. The predicted octanol–water partition coefficient (Wildman–Crippen LogP) is 4.86.